The van der Waals surface area contributed by atoms with Gasteiger partial charge in [-0.1, -0.05) is 29.8 Å². The molecule has 0 radical (unpaired) electrons. The van der Waals surface area contributed by atoms with Crippen LogP contribution in [0.1, 0.15) is 12.8 Å². The number of nitrogens with one attached hydrogen (secondary N) is 1. The van der Waals surface area contributed by atoms with Crippen molar-refractivity contribution in [3.63, 3.8) is 0 Å². The van der Waals surface area contributed by atoms with E-state index in [0.717, 1.165) is 12.4 Å². The molecule has 1 aromatic heterocycles. The fraction of sp³-hybridized carbons (Fsp3) is 0.286. The number of aromatic nitrogens is 2. The SMILES string of the molecule is Clc1cncnc1NCC1(Sc2ccccc2)CC1. The second-order valence-corrected chi connectivity index (χ2v) is 6.62. The third kappa shape index (κ3) is 3.19. The summed E-state index contributed by atoms with van der Waals surface area (Å²) in [6.45, 7) is 0.878. The minimum atomic E-state index is 0.287. The third-order valence-electron chi connectivity index (χ3n) is 3.13. The van der Waals surface area contributed by atoms with Crippen molar-refractivity contribution in [2.75, 3.05) is 11.9 Å². The Balaban J connectivity index is 1.62. The molecule has 0 bridgehead atoms. The second-order valence-electron chi connectivity index (χ2n) is 4.67. The highest BCUT2D eigenvalue weighted by molar-refractivity contribution is 8.01. The molecule has 0 saturated heterocycles. The van der Waals surface area contributed by atoms with Gasteiger partial charge in [0.05, 0.1) is 6.20 Å². The molecule has 3 nitrogen and oxygen atoms in total. The topological polar surface area (TPSA) is 37.8 Å². The first-order valence-electron chi connectivity index (χ1n) is 6.21. The molecule has 1 aromatic carbocycles. The van der Waals surface area contributed by atoms with Crippen molar-refractivity contribution in [2.24, 2.45) is 0 Å². The molecule has 3 rings (SSSR count). The van der Waals surface area contributed by atoms with Crippen LogP contribution in [0.2, 0.25) is 5.02 Å². The number of hydrogen-bond donors (Lipinski definition) is 1. The Morgan fingerprint density at radius 3 is 2.74 bits per heavy atom. The van der Waals surface area contributed by atoms with E-state index in [0.29, 0.717) is 5.02 Å². The molecule has 5 heteroatoms. The van der Waals surface area contributed by atoms with Crippen molar-refractivity contribution >= 4 is 29.2 Å². The minimum Gasteiger partial charge on any atom is -0.367 e. The van der Waals surface area contributed by atoms with Crippen molar-refractivity contribution in [3.8, 4) is 0 Å². The highest BCUT2D eigenvalue weighted by Crippen LogP contribution is 2.51. The van der Waals surface area contributed by atoms with Crippen LogP contribution in [-0.2, 0) is 0 Å². The molecular weight excluding hydrogens is 278 g/mol. The van der Waals surface area contributed by atoms with Gasteiger partial charge >= 0.3 is 0 Å². The first-order valence-corrected chi connectivity index (χ1v) is 7.40. The monoisotopic (exact) mass is 291 g/mol. The summed E-state index contributed by atoms with van der Waals surface area (Å²) in [7, 11) is 0. The molecule has 1 N–H and O–H groups in total. The molecule has 1 aliphatic carbocycles. The summed E-state index contributed by atoms with van der Waals surface area (Å²) < 4.78 is 0.287. The predicted molar refractivity (Wildman–Crippen MR) is 79.8 cm³/mol. The Morgan fingerprint density at radius 2 is 2.05 bits per heavy atom. The van der Waals surface area contributed by atoms with E-state index in [1.807, 2.05) is 17.8 Å². The molecule has 0 unspecified atom stereocenters. The van der Waals surface area contributed by atoms with Crippen LogP contribution in [0.25, 0.3) is 0 Å². The van der Waals surface area contributed by atoms with E-state index in [-0.39, 0.29) is 4.75 Å². The van der Waals surface area contributed by atoms with E-state index in [4.69, 9.17) is 11.6 Å². The largest absolute Gasteiger partial charge is 0.367 e. The maximum atomic E-state index is 6.04. The van der Waals surface area contributed by atoms with Gasteiger partial charge in [-0.25, -0.2) is 9.97 Å². The zero-order valence-corrected chi connectivity index (χ0v) is 11.9. The molecule has 0 spiro atoms. The fourth-order valence-electron chi connectivity index (χ4n) is 1.88. The molecule has 0 aliphatic heterocycles. The number of rotatable bonds is 5. The Labute approximate surface area is 121 Å². The van der Waals surface area contributed by atoms with Crippen molar-refractivity contribution in [3.05, 3.63) is 47.9 Å². The quantitative estimate of drug-likeness (QED) is 0.907. The Kier molecular flexibility index (Phi) is 3.62. The van der Waals surface area contributed by atoms with Crippen LogP contribution < -0.4 is 5.32 Å². The van der Waals surface area contributed by atoms with Crippen molar-refractivity contribution in [1.82, 2.24) is 9.97 Å². The van der Waals surface area contributed by atoms with Crippen LogP contribution >= 0.6 is 23.4 Å². The van der Waals surface area contributed by atoms with Gasteiger partial charge in [-0.2, -0.15) is 0 Å². The first kappa shape index (κ1) is 12.8. The summed E-state index contributed by atoms with van der Waals surface area (Å²) >= 11 is 7.97. The zero-order valence-electron chi connectivity index (χ0n) is 10.3. The van der Waals surface area contributed by atoms with Crippen LogP contribution in [0, 0.1) is 0 Å². The summed E-state index contributed by atoms with van der Waals surface area (Å²) in [5.74, 6) is 0.719. The summed E-state index contributed by atoms with van der Waals surface area (Å²) in [5.41, 5.74) is 0. The van der Waals surface area contributed by atoms with E-state index < -0.39 is 0 Å². The molecule has 1 aliphatic rings. The van der Waals surface area contributed by atoms with Crippen LogP contribution in [0.5, 0.6) is 0 Å². The van der Waals surface area contributed by atoms with Gasteiger partial charge in [0, 0.05) is 16.2 Å². The highest BCUT2D eigenvalue weighted by Gasteiger charge is 2.43. The zero-order chi connectivity index (χ0) is 13.1. The molecule has 2 aromatic rings. The molecule has 1 heterocycles. The second kappa shape index (κ2) is 5.39. The van der Waals surface area contributed by atoms with E-state index in [2.05, 4.69) is 39.6 Å². The van der Waals surface area contributed by atoms with Crippen LogP contribution in [0.3, 0.4) is 0 Å². The lowest BCUT2D eigenvalue weighted by Gasteiger charge is -2.16. The lowest BCUT2D eigenvalue weighted by atomic mass is 10.4. The molecule has 1 fully saturated rings. The van der Waals surface area contributed by atoms with E-state index in [1.165, 1.54) is 24.1 Å². The fourth-order valence-corrected chi connectivity index (χ4v) is 3.30. The summed E-state index contributed by atoms with van der Waals surface area (Å²) in [6, 6.07) is 10.5. The van der Waals surface area contributed by atoms with Crippen LogP contribution in [0.15, 0.2) is 47.8 Å². The number of thioether (sulfide) groups is 1. The Bertz CT molecular complexity index is 558. The lowest BCUT2D eigenvalue weighted by molar-refractivity contribution is 0.933. The van der Waals surface area contributed by atoms with Gasteiger partial charge in [-0.3, -0.25) is 0 Å². The summed E-state index contributed by atoms with van der Waals surface area (Å²) in [6.07, 6.45) is 5.57. The van der Waals surface area contributed by atoms with Gasteiger partial charge in [-0.15, -0.1) is 11.8 Å². The van der Waals surface area contributed by atoms with Crippen LogP contribution in [0.4, 0.5) is 5.82 Å². The minimum absolute atomic E-state index is 0.287. The average molecular weight is 292 g/mol. The number of halogens is 1. The van der Waals surface area contributed by atoms with Crippen LogP contribution in [-0.4, -0.2) is 21.3 Å². The van der Waals surface area contributed by atoms with Gasteiger partial charge in [0.2, 0.25) is 0 Å². The molecule has 19 heavy (non-hydrogen) atoms. The van der Waals surface area contributed by atoms with Gasteiger partial charge in [0.15, 0.2) is 0 Å². The van der Waals surface area contributed by atoms with Crippen molar-refractivity contribution < 1.29 is 0 Å². The molecule has 98 valence electrons. The van der Waals surface area contributed by atoms with Gasteiger partial charge in [0.1, 0.15) is 17.2 Å². The molecule has 1 saturated carbocycles. The van der Waals surface area contributed by atoms with Gasteiger partial charge in [0.25, 0.3) is 0 Å². The normalized spacial score (nSPS) is 16.1. The number of nitrogens with zero attached hydrogens (tertiary/aromatic N) is 2. The van der Waals surface area contributed by atoms with E-state index in [1.54, 1.807) is 6.20 Å². The molecular formula is C14H14ClN3S. The highest BCUT2D eigenvalue weighted by atomic mass is 35.5. The maximum Gasteiger partial charge on any atom is 0.148 e. The summed E-state index contributed by atoms with van der Waals surface area (Å²) in [5, 5.41) is 3.90. The average Bonchev–Trinajstić information content (AvgIpc) is 3.19. The van der Waals surface area contributed by atoms with E-state index in [9.17, 15) is 0 Å². The summed E-state index contributed by atoms with van der Waals surface area (Å²) in [4.78, 5) is 9.35. The molecule has 0 atom stereocenters. The van der Waals surface area contributed by atoms with Gasteiger partial charge < -0.3 is 5.32 Å². The maximum absolute atomic E-state index is 6.04. The van der Waals surface area contributed by atoms with Crippen molar-refractivity contribution in [2.45, 2.75) is 22.5 Å². The molecule has 0 amide bonds. The first-order chi connectivity index (χ1) is 9.27. The number of hydrogen-bond acceptors (Lipinski definition) is 4. The number of benzene rings is 1. The Hall–Kier alpha value is -1.26. The van der Waals surface area contributed by atoms with Crippen molar-refractivity contribution in [1.29, 1.82) is 0 Å². The smallest absolute Gasteiger partial charge is 0.148 e. The predicted octanol–water partition coefficient (Wildman–Crippen LogP) is 3.87. The Morgan fingerprint density at radius 1 is 1.26 bits per heavy atom. The van der Waals surface area contributed by atoms with E-state index >= 15 is 0 Å². The van der Waals surface area contributed by atoms with Gasteiger partial charge in [-0.05, 0) is 25.0 Å². The number of anilines is 1. The third-order valence-corrected chi connectivity index (χ3v) is 4.90. The standard InChI is InChI=1S/C14H14ClN3S/c15-12-8-16-10-18-13(12)17-9-14(6-7-14)19-11-4-2-1-3-5-11/h1-5,8,10H,6-7,9H2,(H,16,17,18). The lowest BCUT2D eigenvalue weighted by Crippen LogP contribution is -2.18.